The number of nitrogens with one attached hydrogen (secondary N) is 2. The molecule has 0 spiro atoms. The van der Waals surface area contributed by atoms with E-state index >= 15 is 0 Å². The van der Waals surface area contributed by atoms with Crippen LogP contribution in [0.25, 0.3) is 10.9 Å². The average molecular weight is 344 g/mol. The van der Waals surface area contributed by atoms with Crippen molar-refractivity contribution in [3.63, 3.8) is 0 Å². The number of aromatic nitrogens is 1. The number of nitrogens with zero attached hydrogens (tertiary/aromatic N) is 1. The van der Waals surface area contributed by atoms with Gasteiger partial charge >= 0.3 is 0 Å². The van der Waals surface area contributed by atoms with E-state index < -0.39 is 0 Å². The summed E-state index contributed by atoms with van der Waals surface area (Å²) in [5, 5.41) is 5.39. The number of H-pyrrole nitrogens is 1. The minimum absolute atomic E-state index is 0.761. The normalized spacial score (nSPS) is 15.3. The van der Waals surface area contributed by atoms with Gasteiger partial charge in [0, 0.05) is 58.1 Å². The van der Waals surface area contributed by atoms with Gasteiger partial charge in [0.15, 0.2) is 0 Å². The van der Waals surface area contributed by atoms with Crippen molar-refractivity contribution in [3.8, 4) is 0 Å². The third-order valence-corrected chi connectivity index (χ3v) is 5.51. The van der Waals surface area contributed by atoms with E-state index in [1.807, 2.05) is 23.9 Å². The minimum Gasteiger partial charge on any atom is -0.368 e. The standard InChI is InChI=1S/C18H18ClN3S/c19-13-5-6-14-15(11-13)21-12-18(14)23-17-4-2-1-3-16(17)22-9-7-20-8-10-22/h1-6,11-12,20-21H,7-10H2. The molecule has 3 nitrogen and oxygen atoms in total. The molecule has 23 heavy (non-hydrogen) atoms. The minimum atomic E-state index is 0.761. The third-order valence-electron chi connectivity index (χ3n) is 4.15. The monoisotopic (exact) mass is 343 g/mol. The van der Waals surface area contributed by atoms with Crippen LogP contribution >= 0.6 is 23.4 Å². The van der Waals surface area contributed by atoms with Gasteiger partial charge in [0.1, 0.15) is 0 Å². The van der Waals surface area contributed by atoms with Gasteiger partial charge in [-0.3, -0.25) is 0 Å². The summed E-state index contributed by atoms with van der Waals surface area (Å²) in [4.78, 5) is 8.31. The number of aromatic amines is 1. The molecule has 1 fully saturated rings. The molecule has 0 unspecified atom stereocenters. The second-order valence-electron chi connectivity index (χ2n) is 5.65. The van der Waals surface area contributed by atoms with E-state index in [4.69, 9.17) is 11.6 Å². The smallest absolute Gasteiger partial charge is 0.0508 e. The molecule has 118 valence electrons. The number of anilines is 1. The number of hydrogen-bond acceptors (Lipinski definition) is 3. The summed E-state index contributed by atoms with van der Waals surface area (Å²) < 4.78 is 0. The number of halogens is 1. The molecule has 1 aliphatic heterocycles. The zero-order valence-electron chi connectivity index (χ0n) is 12.7. The summed E-state index contributed by atoms with van der Waals surface area (Å²) in [5.41, 5.74) is 2.40. The first-order chi connectivity index (χ1) is 11.3. The van der Waals surface area contributed by atoms with Gasteiger partial charge in [-0.2, -0.15) is 0 Å². The number of fused-ring (bicyclic) bond motifs is 1. The van der Waals surface area contributed by atoms with Gasteiger partial charge in [0.05, 0.1) is 5.69 Å². The van der Waals surface area contributed by atoms with Crippen molar-refractivity contribution in [2.75, 3.05) is 31.1 Å². The van der Waals surface area contributed by atoms with E-state index in [2.05, 4.69) is 51.7 Å². The van der Waals surface area contributed by atoms with Crippen LogP contribution in [0.2, 0.25) is 5.02 Å². The third kappa shape index (κ3) is 3.07. The molecule has 0 aliphatic carbocycles. The van der Waals surface area contributed by atoms with Gasteiger partial charge in [-0.1, -0.05) is 41.6 Å². The topological polar surface area (TPSA) is 31.1 Å². The van der Waals surface area contributed by atoms with Crippen molar-refractivity contribution in [1.82, 2.24) is 10.3 Å². The maximum Gasteiger partial charge on any atom is 0.0508 e. The second-order valence-corrected chi connectivity index (χ2v) is 7.17. The number of hydrogen-bond donors (Lipinski definition) is 2. The Bertz CT molecular complexity index is 824. The molecule has 2 heterocycles. The van der Waals surface area contributed by atoms with Crippen molar-refractivity contribution in [1.29, 1.82) is 0 Å². The average Bonchev–Trinajstić information content (AvgIpc) is 2.98. The Balaban J connectivity index is 1.68. The van der Waals surface area contributed by atoms with Crippen LogP contribution in [0.3, 0.4) is 0 Å². The molecule has 0 amide bonds. The van der Waals surface area contributed by atoms with Gasteiger partial charge in [0.25, 0.3) is 0 Å². The summed E-state index contributed by atoms with van der Waals surface area (Å²) in [6.45, 7) is 4.21. The van der Waals surface area contributed by atoms with Gasteiger partial charge < -0.3 is 15.2 Å². The predicted molar refractivity (Wildman–Crippen MR) is 99.0 cm³/mol. The van der Waals surface area contributed by atoms with E-state index in [1.54, 1.807) is 0 Å². The molecule has 0 bridgehead atoms. The second kappa shape index (κ2) is 6.48. The lowest BCUT2D eigenvalue weighted by atomic mass is 10.2. The summed E-state index contributed by atoms with van der Waals surface area (Å²) in [5.74, 6) is 0. The maximum atomic E-state index is 6.08. The van der Waals surface area contributed by atoms with E-state index in [1.165, 1.54) is 20.9 Å². The molecule has 0 atom stereocenters. The molecule has 0 saturated carbocycles. The van der Waals surface area contributed by atoms with E-state index in [9.17, 15) is 0 Å². The molecule has 1 aromatic heterocycles. The van der Waals surface area contributed by atoms with Crippen molar-refractivity contribution in [3.05, 3.63) is 53.7 Å². The number of benzene rings is 2. The molecular formula is C18H18ClN3S. The molecule has 5 heteroatoms. The Morgan fingerprint density at radius 1 is 1.00 bits per heavy atom. The molecule has 1 saturated heterocycles. The highest BCUT2D eigenvalue weighted by molar-refractivity contribution is 7.99. The van der Waals surface area contributed by atoms with Crippen LogP contribution in [-0.4, -0.2) is 31.2 Å². The fourth-order valence-electron chi connectivity index (χ4n) is 2.99. The van der Waals surface area contributed by atoms with Crippen LogP contribution in [0.5, 0.6) is 0 Å². The Labute approximate surface area is 145 Å². The molecule has 3 aromatic rings. The van der Waals surface area contributed by atoms with Crippen LogP contribution in [0.1, 0.15) is 0 Å². The van der Waals surface area contributed by atoms with Crippen molar-refractivity contribution >= 4 is 40.0 Å². The lowest BCUT2D eigenvalue weighted by molar-refractivity contribution is 0.587. The fraction of sp³-hybridized carbons (Fsp3) is 0.222. The van der Waals surface area contributed by atoms with Crippen LogP contribution in [0.4, 0.5) is 5.69 Å². The first kappa shape index (κ1) is 14.9. The number of rotatable bonds is 3. The quantitative estimate of drug-likeness (QED) is 0.739. The number of piperazine rings is 1. The molecule has 2 N–H and O–H groups in total. The molecule has 1 aliphatic rings. The largest absolute Gasteiger partial charge is 0.368 e. The summed E-state index contributed by atoms with van der Waals surface area (Å²) >= 11 is 7.89. The maximum absolute atomic E-state index is 6.08. The van der Waals surface area contributed by atoms with Crippen molar-refractivity contribution in [2.24, 2.45) is 0 Å². The Morgan fingerprint density at radius 3 is 2.70 bits per heavy atom. The van der Waals surface area contributed by atoms with Crippen LogP contribution in [0.15, 0.2) is 58.5 Å². The highest BCUT2D eigenvalue weighted by Crippen LogP contribution is 2.39. The van der Waals surface area contributed by atoms with Crippen molar-refractivity contribution in [2.45, 2.75) is 9.79 Å². The summed E-state index contributed by atoms with van der Waals surface area (Å²) in [7, 11) is 0. The highest BCUT2D eigenvalue weighted by atomic mass is 35.5. The van der Waals surface area contributed by atoms with Crippen LogP contribution in [-0.2, 0) is 0 Å². The Hall–Kier alpha value is -1.62. The van der Waals surface area contributed by atoms with Gasteiger partial charge in [-0.15, -0.1) is 0 Å². The lowest BCUT2D eigenvalue weighted by Crippen LogP contribution is -2.43. The van der Waals surface area contributed by atoms with Crippen LogP contribution < -0.4 is 10.2 Å². The SMILES string of the molecule is Clc1ccc2c(Sc3ccccc3N3CCNCC3)c[nH]c2c1. The zero-order chi connectivity index (χ0) is 15.6. The summed E-state index contributed by atoms with van der Waals surface area (Å²) in [6.07, 6.45) is 2.07. The van der Waals surface area contributed by atoms with E-state index in [0.717, 1.165) is 36.7 Å². The zero-order valence-corrected chi connectivity index (χ0v) is 14.3. The van der Waals surface area contributed by atoms with E-state index in [0.29, 0.717) is 0 Å². The molecule has 0 radical (unpaired) electrons. The van der Waals surface area contributed by atoms with Crippen molar-refractivity contribution < 1.29 is 0 Å². The molecular weight excluding hydrogens is 326 g/mol. The molecule has 2 aromatic carbocycles. The Kier molecular flexibility index (Phi) is 4.21. The first-order valence-corrected chi connectivity index (χ1v) is 9.00. The van der Waals surface area contributed by atoms with Crippen LogP contribution in [0, 0.1) is 0 Å². The lowest BCUT2D eigenvalue weighted by Gasteiger charge is -2.30. The summed E-state index contributed by atoms with van der Waals surface area (Å²) in [6, 6.07) is 14.7. The van der Waals surface area contributed by atoms with E-state index in [-0.39, 0.29) is 0 Å². The van der Waals surface area contributed by atoms with Gasteiger partial charge in [0.2, 0.25) is 0 Å². The predicted octanol–water partition coefficient (Wildman–Crippen LogP) is 4.38. The van der Waals surface area contributed by atoms with Gasteiger partial charge in [-0.05, 0) is 24.3 Å². The highest BCUT2D eigenvalue weighted by Gasteiger charge is 2.15. The van der Waals surface area contributed by atoms with Gasteiger partial charge in [-0.25, -0.2) is 0 Å². The fourth-order valence-corrected chi connectivity index (χ4v) is 4.25. The molecule has 4 rings (SSSR count). The number of para-hydroxylation sites is 1. The Morgan fingerprint density at radius 2 is 1.83 bits per heavy atom. The first-order valence-electron chi connectivity index (χ1n) is 7.80.